The second-order valence-electron chi connectivity index (χ2n) is 6.65. The summed E-state index contributed by atoms with van der Waals surface area (Å²) >= 11 is 0. The first-order chi connectivity index (χ1) is 13.3. The molecule has 2 aromatic heterocycles. The molecule has 7 heteroatoms. The molecule has 0 aliphatic heterocycles. The topological polar surface area (TPSA) is 64.0 Å². The van der Waals surface area contributed by atoms with Gasteiger partial charge in [0.05, 0.1) is 10.4 Å². The van der Waals surface area contributed by atoms with E-state index >= 15 is 0 Å². The highest BCUT2D eigenvalue weighted by Gasteiger charge is 2.11. The Morgan fingerprint density at radius 1 is 1.04 bits per heavy atom. The zero-order chi connectivity index (χ0) is 19.9. The molecule has 0 atom stereocenters. The predicted molar refractivity (Wildman–Crippen MR) is 109 cm³/mol. The summed E-state index contributed by atoms with van der Waals surface area (Å²) < 4.78 is 39.1. The van der Waals surface area contributed by atoms with Gasteiger partial charge in [-0.2, -0.15) is 0 Å². The van der Waals surface area contributed by atoms with Crippen molar-refractivity contribution in [2.75, 3.05) is 11.6 Å². The number of halogens is 1. The van der Waals surface area contributed by atoms with Gasteiger partial charge in [-0.05, 0) is 36.4 Å². The van der Waals surface area contributed by atoms with Crippen LogP contribution in [0.15, 0.2) is 71.8 Å². The average Bonchev–Trinajstić information content (AvgIpc) is 2.98. The summed E-state index contributed by atoms with van der Waals surface area (Å²) in [4.78, 5) is 4.65. The highest BCUT2D eigenvalue weighted by atomic mass is 32.2. The average molecular weight is 395 g/mol. The van der Waals surface area contributed by atoms with Gasteiger partial charge in [-0.15, -0.1) is 0 Å². The third kappa shape index (κ3) is 3.48. The van der Waals surface area contributed by atoms with Crippen molar-refractivity contribution in [2.45, 2.75) is 4.90 Å². The van der Waals surface area contributed by atoms with E-state index in [1.54, 1.807) is 36.5 Å². The van der Waals surface area contributed by atoms with Crippen LogP contribution in [0.4, 0.5) is 15.9 Å². The maximum atomic E-state index is 13.6. The lowest BCUT2D eigenvalue weighted by atomic mass is 10.1. The minimum Gasteiger partial charge on any atom is -0.343 e. The van der Waals surface area contributed by atoms with E-state index in [0.717, 1.165) is 22.2 Å². The predicted octanol–water partition coefficient (Wildman–Crippen LogP) is 4.53. The molecule has 0 saturated carbocycles. The minimum absolute atomic E-state index is 0.242. The molecule has 2 aromatic carbocycles. The maximum Gasteiger partial charge on any atom is 0.175 e. The summed E-state index contributed by atoms with van der Waals surface area (Å²) in [6.45, 7) is 0. The Balaban J connectivity index is 1.72. The molecule has 2 heterocycles. The lowest BCUT2D eigenvalue weighted by molar-refractivity contribution is 0.602. The zero-order valence-corrected chi connectivity index (χ0v) is 16.2. The molecule has 28 heavy (non-hydrogen) atoms. The first-order valence-electron chi connectivity index (χ1n) is 8.60. The molecule has 4 aromatic rings. The van der Waals surface area contributed by atoms with E-state index in [9.17, 15) is 12.8 Å². The normalized spacial score (nSPS) is 11.7. The number of aryl methyl sites for hydroxylation is 1. The molecule has 0 aliphatic rings. The van der Waals surface area contributed by atoms with Crippen molar-refractivity contribution in [3.8, 4) is 11.3 Å². The number of aromatic nitrogens is 2. The Kier molecular flexibility index (Phi) is 4.39. The summed E-state index contributed by atoms with van der Waals surface area (Å²) in [7, 11) is -1.37. The summed E-state index contributed by atoms with van der Waals surface area (Å²) in [5.74, 6) is 0.305. The molecule has 0 unspecified atom stereocenters. The standard InChI is InChI=1S/C21H18FN3O2S/c1-25-19(14-5-3-6-16(22)9-14)10-15-13-23-21(12-20(15)25)24-17-7-4-8-18(11-17)28(2,26)27/h3-13H,1-2H3,(H,23,24). The monoisotopic (exact) mass is 395 g/mol. The van der Waals surface area contributed by atoms with Crippen molar-refractivity contribution in [3.63, 3.8) is 0 Å². The van der Waals surface area contributed by atoms with Crippen LogP contribution in [-0.4, -0.2) is 24.2 Å². The van der Waals surface area contributed by atoms with Crippen LogP contribution in [0.3, 0.4) is 0 Å². The molecule has 142 valence electrons. The number of fused-ring (bicyclic) bond motifs is 1. The summed E-state index contributed by atoms with van der Waals surface area (Å²) in [5, 5.41) is 4.07. The first-order valence-corrected chi connectivity index (χ1v) is 10.5. The smallest absolute Gasteiger partial charge is 0.175 e. The number of benzene rings is 2. The quantitative estimate of drug-likeness (QED) is 0.552. The van der Waals surface area contributed by atoms with E-state index in [1.807, 2.05) is 29.8 Å². The van der Waals surface area contributed by atoms with E-state index in [-0.39, 0.29) is 10.7 Å². The molecule has 1 N–H and O–H groups in total. The van der Waals surface area contributed by atoms with Gasteiger partial charge in [-0.25, -0.2) is 17.8 Å². The van der Waals surface area contributed by atoms with Crippen LogP contribution >= 0.6 is 0 Å². The Bertz CT molecular complexity index is 1300. The largest absolute Gasteiger partial charge is 0.343 e. The van der Waals surface area contributed by atoms with Gasteiger partial charge in [0.25, 0.3) is 0 Å². The number of rotatable bonds is 4. The summed E-state index contributed by atoms with van der Waals surface area (Å²) in [6.07, 6.45) is 2.91. The van der Waals surface area contributed by atoms with Gasteiger partial charge in [-0.1, -0.05) is 18.2 Å². The van der Waals surface area contributed by atoms with Gasteiger partial charge in [0.1, 0.15) is 11.6 Å². The molecule has 0 aliphatic carbocycles. The number of pyridine rings is 1. The molecule has 4 rings (SSSR count). The molecule has 0 amide bonds. The van der Waals surface area contributed by atoms with Crippen LogP contribution < -0.4 is 5.32 Å². The lowest BCUT2D eigenvalue weighted by Crippen LogP contribution is -1.99. The van der Waals surface area contributed by atoms with Crippen molar-refractivity contribution < 1.29 is 12.8 Å². The molecular weight excluding hydrogens is 377 g/mol. The highest BCUT2D eigenvalue weighted by Crippen LogP contribution is 2.29. The van der Waals surface area contributed by atoms with Crippen molar-refractivity contribution in [2.24, 2.45) is 7.05 Å². The number of anilines is 2. The number of hydrogen-bond acceptors (Lipinski definition) is 4. The Morgan fingerprint density at radius 2 is 1.82 bits per heavy atom. The minimum atomic E-state index is -3.28. The van der Waals surface area contributed by atoms with Gasteiger partial charge in [0.15, 0.2) is 9.84 Å². The van der Waals surface area contributed by atoms with Crippen LogP contribution in [0.2, 0.25) is 0 Å². The van der Waals surface area contributed by atoms with E-state index in [4.69, 9.17) is 0 Å². The maximum absolute atomic E-state index is 13.6. The third-order valence-electron chi connectivity index (χ3n) is 4.58. The fourth-order valence-corrected chi connectivity index (χ4v) is 3.84. The van der Waals surface area contributed by atoms with Gasteiger partial charge >= 0.3 is 0 Å². The van der Waals surface area contributed by atoms with Gasteiger partial charge in [0.2, 0.25) is 0 Å². The van der Waals surface area contributed by atoms with Crippen LogP contribution in [0, 0.1) is 5.82 Å². The SMILES string of the molecule is Cn1c(-c2cccc(F)c2)cc2cnc(Nc3cccc(S(C)(=O)=O)c3)cc21. The van der Waals surface area contributed by atoms with E-state index < -0.39 is 9.84 Å². The number of sulfone groups is 1. The van der Waals surface area contributed by atoms with E-state index in [0.29, 0.717) is 11.5 Å². The Morgan fingerprint density at radius 3 is 2.57 bits per heavy atom. The van der Waals surface area contributed by atoms with Gasteiger partial charge < -0.3 is 9.88 Å². The number of hydrogen-bond donors (Lipinski definition) is 1. The summed E-state index contributed by atoms with van der Waals surface area (Å²) in [5.41, 5.74) is 3.23. The van der Waals surface area contributed by atoms with Crippen LogP contribution in [0.5, 0.6) is 0 Å². The fraction of sp³-hybridized carbons (Fsp3) is 0.0952. The summed E-state index contributed by atoms with van der Waals surface area (Å²) in [6, 6.07) is 16.9. The Labute approximate surface area is 162 Å². The zero-order valence-electron chi connectivity index (χ0n) is 15.3. The van der Waals surface area contributed by atoms with Crippen LogP contribution in [0.1, 0.15) is 0 Å². The van der Waals surface area contributed by atoms with Crippen LogP contribution in [-0.2, 0) is 16.9 Å². The van der Waals surface area contributed by atoms with Crippen LogP contribution in [0.25, 0.3) is 22.2 Å². The molecule has 0 bridgehead atoms. The van der Waals surface area contributed by atoms with Crippen molar-refractivity contribution >= 4 is 32.2 Å². The van der Waals surface area contributed by atoms with E-state index in [2.05, 4.69) is 10.3 Å². The lowest BCUT2D eigenvalue weighted by Gasteiger charge is -2.08. The molecule has 0 spiro atoms. The van der Waals surface area contributed by atoms with Crippen molar-refractivity contribution in [3.05, 3.63) is 72.7 Å². The van der Waals surface area contributed by atoms with Crippen molar-refractivity contribution in [1.29, 1.82) is 0 Å². The molecule has 0 radical (unpaired) electrons. The third-order valence-corrected chi connectivity index (χ3v) is 5.69. The molecule has 5 nitrogen and oxygen atoms in total. The second kappa shape index (κ2) is 6.76. The number of nitrogens with zero attached hydrogens (tertiary/aromatic N) is 2. The first kappa shape index (κ1) is 18.2. The molecule has 0 fully saturated rings. The van der Waals surface area contributed by atoms with Gasteiger partial charge in [0, 0.05) is 47.9 Å². The van der Waals surface area contributed by atoms with E-state index in [1.165, 1.54) is 18.4 Å². The number of nitrogens with one attached hydrogen (secondary N) is 1. The van der Waals surface area contributed by atoms with Gasteiger partial charge in [-0.3, -0.25) is 0 Å². The second-order valence-corrected chi connectivity index (χ2v) is 8.67. The van der Waals surface area contributed by atoms with Crippen molar-refractivity contribution in [1.82, 2.24) is 9.55 Å². The highest BCUT2D eigenvalue weighted by molar-refractivity contribution is 7.90. The molecular formula is C21H18FN3O2S. The fourth-order valence-electron chi connectivity index (χ4n) is 3.18. The Hall–Kier alpha value is -3.19. The molecule has 0 saturated heterocycles.